The molecule has 1 saturated carbocycles. The lowest BCUT2D eigenvalue weighted by Gasteiger charge is -2.28. The number of carbonyl (C=O) groups excluding carboxylic acids is 1. The Balaban J connectivity index is 2.16. The van der Waals surface area contributed by atoms with Crippen molar-refractivity contribution in [3.8, 4) is 0 Å². The quantitative estimate of drug-likeness (QED) is 0.800. The second kappa shape index (κ2) is 7.34. The van der Waals surface area contributed by atoms with E-state index in [1.165, 1.54) is 4.31 Å². The Morgan fingerprint density at radius 1 is 1.17 bits per heavy atom. The van der Waals surface area contributed by atoms with Crippen LogP contribution in [0.3, 0.4) is 0 Å². The van der Waals surface area contributed by atoms with E-state index in [2.05, 4.69) is 0 Å². The van der Waals surface area contributed by atoms with E-state index in [0.717, 1.165) is 43.9 Å². The maximum Gasteiger partial charge on any atom is 0.243 e. The Hall–Kier alpha value is -1.56. The molecule has 0 spiro atoms. The van der Waals surface area contributed by atoms with Crippen molar-refractivity contribution in [3.05, 3.63) is 29.8 Å². The van der Waals surface area contributed by atoms with E-state index < -0.39 is 10.0 Å². The van der Waals surface area contributed by atoms with Gasteiger partial charge in [0.25, 0.3) is 0 Å². The summed E-state index contributed by atoms with van der Waals surface area (Å²) in [6, 6.07) is 7.58. The average molecular weight is 338 g/mol. The van der Waals surface area contributed by atoms with Crippen LogP contribution in [0.15, 0.2) is 24.3 Å². The molecule has 0 saturated heterocycles. The highest BCUT2D eigenvalue weighted by atomic mass is 32.2. The number of sulfonamides is 1. The first-order valence-electron chi connectivity index (χ1n) is 8.15. The number of carbonyl (C=O) groups is 1. The van der Waals surface area contributed by atoms with Crippen LogP contribution in [0, 0.1) is 0 Å². The molecular weight excluding hydrogens is 312 g/mol. The summed E-state index contributed by atoms with van der Waals surface area (Å²) in [5.41, 5.74) is 1.68. The van der Waals surface area contributed by atoms with Crippen molar-refractivity contribution in [2.45, 2.75) is 45.1 Å². The summed E-state index contributed by atoms with van der Waals surface area (Å²) in [5, 5.41) is 0. The lowest BCUT2D eigenvalue weighted by molar-refractivity contribution is -0.130. The molecule has 1 aliphatic rings. The molecule has 0 bridgehead atoms. The average Bonchev–Trinajstić information content (AvgIpc) is 3.05. The third kappa shape index (κ3) is 4.47. The summed E-state index contributed by atoms with van der Waals surface area (Å²) >= 11 is 0. The number of likely N-dealkylation sites (N-methyl/N-ethyl adjacent to an activating group) is 1. The van der Waals surface area contributed by atoms with Crippen LogP contribution < -0.4 is 4.31 Å². The zero-order chi connectivity index (χ0) is 17.0. The van der Waals surface area contributed by atoms with Gasteiger partial charge in [-0.15, -0.1) is 0 Å². The van der Waals surface area contributed by atoms with Gasteiger partial charge in [-0.3, -0.25) is 9.10 Å². The second-order valence-corrected chi connectivity index (χ2v) is 8.14. The van der Waals surface area contributed by atoms with Gasteiger partial charge in [0, 0.05) is 13.1 Å². The Kier molecular flexibility index (Phi) is 5.68. The number of anilines is 1. The summed E-state index contributed by atoms with van der Waals surface area (Å²) in [5.74, 6) is -0.151. The first-order chi connectivity index (χ1) is 10.8. The molecule has 0 radical (unpaired) electrons. The fourth-order valence-corrected chi connectivity index (χ4v) is 3.88. The third-order valence-corrected chi connectivity index (χ3v) is 5.72. The van der Waals surface area contributed by atoms with Crippen LogP contribution in [0.4, 0.5) is 5.69 Å². The van der Waals surface area contributed by atoms with Gasteiger partial charge < -0.3 is 4.90 Å². The molecule has 0 heterocycles. The first-order valence-corrected chi connectivity index (χ1v) is 10.00. The predicted molar refractivity (Wildman–Crippen MR) is 93.0 cm³/mol. The molecule has 0 aliphatic heterocycles. The fraction of sp³-hybridized carbons (Fsp3) is 0.588. The lowest BCUT2D eigenvalue weighted by Crippen LogP contribution is -2.44. The highest BCUT2D eigenvalue weighted by molar-refractivity contribution is 7.92. The van der Waals surface area contributed by atoms with E-state index in [1.54, 1.807) is 24.1 Å². The van der Waals surface area contributed by atoms with E-state index in [0.29, 0.717) is 5.69 Å². The van der Waals surface area contributed by atoms with Crippen LogP contribution in [0.1, 0.15) is 38.2 Å². The van der Waals surface area contributed by atoms with Crippen LogP contribution in [0.2, 0.25) is 0 Å². The van der Waals surface area contributed by atoms with Gasteiger partial charge in [-0.1, -0.05) is 31.9 Å². The van der Waals surface area contributed by atoms with Crippen molar-refractivity contribution in [2.75, 3.05) is 24.2 Å². The lowest BCUT2D eigenvalue weighted by atomic mass is 10.1. The molecule has 0 atom stereocenters. The standard InChI is InChI=1S/C17H26N2O3S/c1-4-14-9-11-16(12-10-14)19(23(3,21)22)13-17(20)18(2)15-7-5-6-8-15/h9-12,15H,4-8,13H2,1-3H3. The van der Waals surface area contributed by atoms with Gasteiger partial charge in [0.2, 0.25) is 15.9 Å². The summed E-state index contributed by atoms with van der Waals surface area (Å²) < 4.78 is 25.4. The predicted octanol–water partition coefficient (Wildman–Crippen LogP) is 2.42. The summed E-state index contributed by atoms with van der Waals surface area (Å²) in [7, 11) is -1.73. The smallest absolute Gasteiger partial charge is 0.243 e. The fourth-order valence-electron chi connectivity index (χ4n) is 3.03. The van der Waals surface area contributed by atoms with Gasteiger partial charge >= 0.3 is 0 Å². The van der Waals surface area contributed by atoms with E-state index in [1.807, 2.05) is 19.1 Å². The molecule has 1 aromatic rings. The number of benzene rings is 1. The summed E-state index contributed by atoms with van der Waals surface area (Å²) in [6.07, 6.45) is 6.32. The maximum atomic E-state index is 12.5. The molecule has 5 nitrogen and oxygen atoms in total. The van der Waals surface area contributed by atoms with Gasteiger partial charge in [-0.25, -0.2) is 8.42 Å². The monoisotopic (exact) mass is 338 g/mol. The van der Waals surface area contributed by atoms with Crippen LogP contribution in [0.5, 0.6) is 0 Å². The Morgan fingerprint density at radius 3 is 2.22 bits per heavy atom. The molecule has 0 aromatic heterocycles. The number of hydrogen-bond acceptors (Lipinski definition) is 3. The Morgan fingerprint density at radius 2 is 1.74 bits per heavy atom. The number of amides is 1. The first kappa shape index (κ1) is 17.8. The number of hydrogen-bond donors (Lipinski definition) is 0. The summed E-state index contributed by atoms with van der Waals surface area (Å²) in [6.45, 7) is 1.90. The highest BCUT2D eigenvalue weighted by Crippen LogP contribution is 2.24. The highest BCUT2D eigenvalue weighted by Gasteiger charge is 2.27. The van der Waals surface area contributed by atoms with Crippen LogP contribution in [0.25, 0.3) is 0 Å². The van der Waals surface area contributed by atoms with Gasteiger partial charge in [0.15, 0.2) is 0 Å². The van der Waals surface area contributed by atoms with E-state index >= 15 is 0 Å². The molecule has 1 fully saturated rings. The van der Waals surface area contributed by atoms with Gasteiger partial charge in [0.1, 0.15) is 6.54 Å². The van der Waals surface area contributed by atoms with Gasteiger partial charge in [-0.2, -0.15) is 0 Å². The van der Waals surface area contributed by atoms with Crippen LogP contribution in [-0.2, 0) is 21.2 Å². The Bertz CT molecular complexity index is 634. The molecule has 6 heteroatoms. The zero-order valence-corrected chi connectivity index (χ0v) is 15.0. The van der Waals surface area contributed by atoms with Gasteiger partial charge in [-0.05, 0) is 37.0 Å². The molecule has 1 aromatic carbocycles. The molecular formula is C17H26N2O3S. The van der Waals surface area contributed by atoms with E-state index in [-0.39, 0.29) is 18.5 Å². The van der Waals surface area contributed by atoms with E-state index in [4.69, 9.17) is 0 Å². The van der Waals surface area contributed by atoms with Crippen molar-refractivity contribution in [2.24, 2.45) is 0 Å². The second-order valence-electron chi connectivity index (χ2n) is 6.23. The van der Waals surface area contributed by atoms with Crippen molar-refractivity contribution in [3.63, 3.8) is 0 Å². The van der Waals surface area contributed by atoms with Crippen LogP contribution >= 0.6 is 0 Å². The van der Waals surface area contributed by atoms with Crippen molar-refractivity contribution in [1.82, 2.24) is 4.90 Å². The SMILES string of the molecule is CCc1ccc(N(CC(=O)N(C)C2CCCC2)S(C)(=O)=O)cc1. The van der Waals surface area contributed by atoms with E-state index in [9.17, 15) is 13.2 Å². The third-order valence-electron chi connectivity index (χ3n) is 4.58. The molecule has 1 aliphatic carbocycles. The normalized spacial score (nSPS) is 15.6. The molecule has 23 heavy (non-hydrogen) atoms. The minimum Gasteiger partial charge on any atom is -0.341 e. The topological polar surface area (TPSA) is 57.7 Å². The number of aryl methyl sites for hydroxylation is 1. The summed E-state index contributed by atoms with van der Waals surface area (Å²) in [4.78, 5) is 14.2. The molecule has 1 amide bonds. The molecule has 128 valence electrons. The minimum absolute atomic E-state index is 0.142. The Labute approximate surface area is 139 Å². The molecule has 0 unspecified atom stereocenters. The zero-order valence-electron chi connectivity index (χ0n) is 14.2. The maximum absolute atomic E-state index is 12.5. The van der Waals surface area contributed by atoms with Crippen molar-refractivity contribution >= 4 is 21.6 Å². The molecule has 2 rings (SSSR count). The van der Waals surface area contributed by atoms with Crippen molar-refractivity contribution in [1.29, 1.82) is 0 Å². The minimum atomic E-state index is -3.50. The van der Waals surface area contributed by atoms with Crippen molar-refractivity contribution < 1.29 is 13.2 Å². The number of nitrogens with zero attached hydrogens (tertiary/aromatic N) is 2. The van der Waals surface area contributed by atoms with Crippen LogP contribution in [-0.4, -0.2) is 45.1 Å². The van der Waals surface area contributed by atoms with Gasteiger partial charge in [0.05, 0.1) is 11.9 Å². The number of rotatable bonds is 6. The molecule has 0 N–H and O–H groups in total. The largest absolute Gasteiger partial charge is 0.341 e.